The van der Waals surface area contributed by atoms with Gasteiger partial charge in [-0.3, -0.25) is 19.3 Å². The molecule has 1 aliphatic heterocycles. The summed E-state index contributed by atoms with van der Waals surface area (Å²) in [7, 11) is 0. The van der Waals surface area contributed by atoms with E-state index in [1.54, 1.807) is 24.3 Å². The van der Waals surface area contributed by atoms with E-state index in [2.05, 4.69) is 5.32 Å². The second-order valence-electron chi connectivity index (χ2n) is 7.22. The number of nitrogens with one attached hydrogen (secondary N) is 1. The van der Waals surface area contributed by atoms with E-state index in [1.807, 2.05) is 30.3 Å². The third-order valence-corrected chi connectivity index (χ3v) is 5.52. The summed E-state index contributed by atoms with van der Waals surface area (Å²) in [6.07, 6.45) is 3.61. The Morgan fingerprint density at radius 3 is 2.07 bits per heavy atom. The first kappa shape index (κ1) is 17.5. The minimum Gasteiger partial charge on any atom is -0.348 e. The highest BCUT2D eigenvalue weighted by Crippen LogP contribution is 2.40. The van der Waals surface area contributed by atoms with Gasteiger partial charge in [0.25, 0.3) is 5.91 Å². The Bertz CT molecular complexity index is 837. The van der Waals surface area contributed by atoms with E-state index in [1.165, 1.54) is 4.90 Å². The molecule has 2 atom stereocenters. The number of nitrogens with zero attached hydrogens (tertiary/aromatic N) is 1. The topological polar surface area (TPSA) is 66.5 Å². The molecule has 0 unspecified atom stereocenters. The maximum Gasteiger partial charge on any atom is 0.251 e. The lowest BCUT2D eigenvalue weighted by Crippen LogP contribution is -2.31. The third kappa shape index (κ3) is 3.37. The van der Waals surface area contributed by atoms with Gasteiger partial charge in [0.05, 0.1) is 17.5 Å². The summed E-state index contributed by atoms with van der Waals surface area (Å²) in [5.74, 6) is -0.699. The summed E-state index contributed by atoms with van der Waals surface area (Å²) in [4.78, 5) is 38.9. The SMILES string of the molecule is O=C(NCc1ccccc1)c1ccc(N2C(=O)[C@H]3CCCC[C@H]3C2=O)cc1. The molecule has 1 saturated heterocycles. The van der Waals surface area contributed by atoms with Crippen molar-refractivity contribution < 1.29 is 14.4 Å². The zero-order chi connectivity index (χ0) is 18.8. The van der Waals surface area contributed by atoms with E-state index in [0.717, 1.165) is 31.2 Å². The molecule has 0 radical (unpaired) electrons. The molecular formula is C22H22N2O3. The third-order valence-electron chi connectivity index (χ3n) is 5.52. The van der Waals surface area contributed by atoms with Crippen molar-refractivity contribution in [3.63, 3.8) is 0 Å². The Kier molecular flexibility index (Phi) is 4.75. The van der Waals surface area contributed by atoms with Crippen LogP contribution in [0.3, 0.4) is 0 Å². The minimum absolute atomic E-state index is 0.0917. The van der Waals surface area contributed by atoms with Crippen molar-refractivity contribution in [3.8, 4) is 0 Å². The molecule has 27 heavy (non-hydrogen) atoms. The van der Waals surface area contributed by atoms with E-state index in [0.29, 0.717) is 17.8 Å². The van der Waals surface area contributed by atoms with Crippen molar-refractivity contribution in [2.45, 2.75) is 32.2 Å². The molecule has 1 aliphatic carbocycles. The molecule has 5 nitrogen and oxygen atoms in total. The molecule has 0 bridgehead atoms. The van der Waals surface area contributed by atoms with Gasteiger partial charge in [0.2, 0.25) is 11.8 Å². The summed E-state index contributed by atoms with van der Waals surface area (Å²) in [5.41, 5.74) is 2.09. The number of benzene rings is 2. The number of imide groups is 1. The number of hydrogen-bond acceptors (Lipinski definition) is 3. The fourth-order valence-electron chi connectivity index (χ4n) is 4.06. The lowest BCUT2D eigenvalue weighted by molar-refractivity contribution is -0.122. The van der Waals surface area contributed by atoms with Crippen LogP contribution in [-0.2, 0) is 16.1 Å². The van der Waals surface area contributed by atoms with E-state index < -0.39 is 0 Å². The van der Waals surface area contributed by atoms with Gasteiger partial charge in [0.15, 0.2) is 0 Å². The highest BCUT2D eigenvalue weighted by molar-refractivity contribution is 6.22. The van der Waals surface area contributed by atoms with E-state index in [4.69, 9.17) is 0 Å². The van der Waals surface area contributed by atoms with Crippen molar-refractivity contribution in [1.29, 1.82) is 0 Å². The fourth-order valence-corrected chi connectivity index (χ4v) is 4.06. The van der Waals surface area contributed by atoms with Crippen LogP contribution in [0, 0.1) is 11.8 Å². The largest absolute Gasteiger partial charge is 0.348 e. The zero-order valence-corrected chi connectivity index (χ0v) is 15.1. The van der Waals surface area contributed by atoms with Gasteiger partial charge >= 0.3 is 0 Å². The van der Waals surface area contributed by atoms with Crippen molar-refractivity contribution in [1.82, 2.24) is 5.32 Å². The average Bonchev–Trinajstić information content (AvgIpc) is 2.98. The molecule has 2 aromatic carbocycles. The lowest BCUT2D eigenvalue weighted by Gasteiger charge is -2.19. The molecule has 0 aromatic heterocycles. The second-order valence-corrected chi connectivity index (χ2v) is 7.22. The zero-order valence-electron chi connectivity index (χ0n) is 15.1. The predicted molar refractivity (Wildman–Crippen MR) is 102 cm³/mol. The molecule has 2 aromatic rings. The lowest BCUT2D eigenvalue weighted by atomic mass is 9.81. The first-order valence-electron chi connectivity index (χ1n) is 9.45. The maximum absolute atomic E-state index is 12.7. The Morgan fingerprint density at radius 1 is 0.889 bits per heavy atom. The van der Waals surface area contributed by atoms with Gasteiger partial charge in [-0.25, -0.2) is 0 Å². The fraction of sp³-hybridized carbons (Fsp3) is 0.318. The maximum atomic E-state index is 12.7. The summed E-state index contributed by atoms with van der Waals surface area (Å²) in [6, 6.07) is 16.4. The van der Waals surface area contributed by atoms with Crippen LogP contribution in [0.5, 0.6) is 0 Å². The summed E-state index contributed by atoms with van der Waals surface area (Å²) in [5, 5.41) is 2.88. The number of anilines is 1. The van der Waals surface area contributed by atoms with Crippen LogP contribution in [0.1, 0.15) is 41.6 Å². The summed E-state index contributed by atoms with van der Waals surface area (Å²) < 4.78 is 0. The van der Waals surface area contributed by atoms with Gasteiger partial charge in [-0.2, -0.15) is 0 Å². The van der Waals surface area contributed by atoms with Crippen molar-refractivity contribution in [3.05, 3.63) is 65.7 Å². The first-order chi connectivity index (χ1) is 13.1. The molecule has 0 spiro atoms. The molecule has 2 aliphatic rings. The number of carbonyl (C=O) groups excluding carboxylic acids is 3. The predicted octanol–water partition coefficient (Wildman–Crippen LogP) is 3.30. The Labute approximate surface area is 158 Å². The monoisotopic (exact) mass is 362 g/mol. The van der Waals surface area contributed by atoms with Gasteiger partial charge in [-0.15, -0.1) is 0 Å². The number of carbonyl (C=O) groups is 3. The highest BCUT2D eigenvalue weighted by Gasteiger charge is 2.48. The average molecular weight is 362 g/mol. The summed E-state index contributed by atoms with van der Waals surface area (Å²) >= 11 is 0. The van der Waals surface area contributed by atoms with Crippen LogP contribution in [0.4, 0.5) is 5.69 Å². The number of rotatable bonds is 4. The number of amides is 3. The molecule has 1 N–H and O–H groups in total. The highest BCUT2D eigenvalue weighted by atomic mass is 16.2. The van der Waals surface area contributed by atoms with Crippen LogP contribution in [-0.4, -0.2) is 17.7 Å². The molecule has 5 heteroatoms. The molecule has 1 saturated carbocycles. The molecule has 3 amide bonds. The Hall–Kier alpha value is -2.95. The van der Waals surface area contributed by atoms with Gasteiger partial charge < -0.3 is 5.32 Å². The molecule has 2 fully saturated rings. The van der Waals surface area contributed by atoms with Crippen LogP contribution in [0.2, 0.25) is 0 Å². The Balaban J connectivity index is 1.45. The molecule has 1 heterocycles. The smallest absolute Gasteiger partial charge is 0.251 e. The van der Waals surface area contributed by atoms with E-state index >= 15 is 0 Å². The number of hydrogen-bond donors (Lipinski definition) is 1. The van der Waals surface area contributed by atoms with Gasteiger partial charge in [-0.1, -0.05) is 43.2 Å². The standard InChI is InChI=1S/C22H22N2O3/c25-20(23-14-15-6-2-1-3-7-15)16-10-12-17(13-11-16)24-21(26)18-8-4-5-9-19(18)22(24)27/h1-3,6-7,10-13,18-19H,4-5,8-9,14H2,(H,23,25)/t18-,19+. The van der Waals surface area contributed by atoms with Crippen LogP contribution < -0.4 is 10.2 Å². The molecular weight excluding hydrogens is 340 g/mol. The minimum atomic E-state index is -0.182. The van der Waals surface area contributed by atoms with Crippen molar-refractivity contribution in [2.75, 3.05) is 4.90 Å². The van der Waals surface area contributed by atoms with Crippen molar-refractivity contribution in [2.24, 2.45) is 11.8 Å². The number of fused-ring (bicyclic) bond motifs is 1. The molecule has 138 valence electrons. The summed E-state index contributed by atoms with van der Waals surface area (Å²) in [6.45, 7) is 0.452. The molecule has 4 rings (SSSR count). The van der Waals surface area contributed by atoms with Gasteiger partial charge in [0, 0.05) is 12.1 Å². The van der Waals surface area contributed by atoms with Crippen LogP contribution in [0.25, 0.3) is 0 Å². The first-order valence-corrected chi connectivity index (χ1v) is 9.45. The normalized spacial score (nSPS) is 21.9. The van der Waals surface area contributed by atoms with E-state index in [-0.39, 0.29) is 29.6 Å². The van der Waals surface area contributed by atoms with E-state index in [9.17, 15) is 14.4 Å². The Morgan fingerprint density at radius 2 is 1.48 bits per heavy atom. The second kappa shape index (κ2) is 7.35. The van der Waals surface area contributed by atoms with Crippen molar-refractivity contribution >= 4 is 23.4 Å². The quantitative estimate of drug-likeness (QED) is 0.849. The van der Waals surface area contributed by atoms with Crippen LogP contribution in [0.15, 0.2) is 54.6 Å². The van der Waals surface area contributed by atoms with Gasteiger partial charge in [0.1, 0.15) is 0 Å². The van der Waals surface area contributed by atoms with Crippen LogP contribution >= 0.6 is 0 Å². The van der Waals surface area contributed by atoms with Gasteiger partial charge in [-0.05, 0) is 42.7 Å².